The third-order valence-electron chi connectivity index (χ3n) is 2.38. The second-order valence-corrected chi connectivity index (χ2v) is 4.02. The molecule has 1 aromatic heterocycles. The van der Waals surface area contributed by atoms with E-state index in [0.29, 0.717) is 11.2 Å². The number of halogens is 1. The lowest BCUT2D eigenvalue weighted by molar-refractivity contribution is 0.321. The molecule has 2 rings (SSSR count). The molecule has 0 radical (unpaired) electrons. The van der Waals surface area contributed by atoms with Gasteiger partial charge in [0.1, 0.15) is 0 Å². The van der Waals surface area contributed by atoms with E-state index in [-0.39, 0.29) is 0 Å². The van der Waals surface area contributed by atoms with Gasteiger partial charge in [-0.05, 0) is 18.6 Å². The fraction of sp³-hybridized carbons (Fsp3) is 0.556. The van der Waals surface area contributed by atoms with Crippen molar-refractivity contribution in [2.45, 2.75) is 19.0 Å². The van der Waals surface area contributed by atoms with Crippen molar-refractivity contribution in [2.24, 2.45) is 5.73 Å². The van der Waals surface area contributed by atoms with Crippen LogP contribution in [-0.2, 0) is 6.54 Å². The molecule has 0 aromatic carbocycles. The highest BCUT2D eigenvalue weighted by Crippen LogP contribution is 2.11. The lowest BCUT2D eigenvalue weighted by Gasteiger charge is -2.13. The molecule has 14 heavy (non-hydrogen) atoms. The number of nitrogens with two attached hydrogens (primary N) is 1. The van der Waals surface area contributed by atoms with Gasteiger partial charge in [0.15, 0.2) is 5.15 Å². The van der Waals surface area contributed by atoms with Gasteiger partial charge in [-0.2, -0.15) is 5.10 Å². The van der Waals surface area contributed by atoms with Gasteiger partial charge in [-0.3, -0.25) is 4.90 Å². The number of aromatic nitrogens is 2. The second kappa shape index (κ2) is 4.21. The molecule has 0 aliphatic carbocycles. The van der Waals surface area contributed by atoms with Crippen LogP contribution in [0.3, 0.4) is 0 Å². The van der Waals surface area contributed by atoms with E-state index >= 15 is 0 Å². The molecular weight excluding hydrogens is 200 g/mol. The minimum atomic E-state index is 0.315. The van der Waals surface area contributed by atoms with Crippen molar-refractivity contribution in [3.8, 4) is 0 Å². The van der Waals surface area contributed by atoms with Gasteiger partial charge in [0.2, 0.25) is 0 Å². The first kappa shape index (κ1) is 9.83. The summed E-state index contributed by atoms with van der Waals surface area (Å²) >= 11 is 5.64. The molecule has 5 heteroatoms. The van der Waals surface area contributed by atoms with Crippen LogP contribution in [0.1, 0.15) is 12.1 Å². The zero-order valence-electron chi connectivity index (χ0n) is 7.86. The zero-order chi connectivity index (χ0) is 9.97. The summed E-state index contributed by atoms with van der Waals surface area (Å²) in [5.74, 6) is 0. The van der Waals surface area contributed by atoms with Crippen molar-refractivity contribution in [2.75, 3.05) is 13.1 Å². The number of hydrogen-bond donors (Lipinski definition) is 1. The summed E-state index contributed by atoms with van der Waals surface area (Å²) in [5.41, 5.74) is 6.75. The molecule has 1 aliphatic heterocycles. The Morgan fingerprint density at radius 3 is 2.93 bits per heavy atom. The lowest BCUT2D eigenvalue weighted by atomic mass is 10.3. The van der Waals surface area contributed by atoms with Gasteiger partial charge in [-0.1, -0.05) is 11.6 Å². The maximum absolute atomic E-state index is 5.80. The average Bonchev–Trinajstić information content (AvgIpc) is 2.56. The molecule has 0 saturated carbocycles. The SMILES string of the molecule is N[C@H]1CCN(Cc2ccc(Cl)nn2)C1. The molecule has 1 fully saturated rings. The predicted molar refractivity (Wildman–Crippen MR) is 54.9 cm³/mol. The minimum absolute atomic E-state index is 0.315. The van der Waals surface area contributed by atoms with E-state index < -0.39 is 0 Å². The monoisotopic (exact) mass is 212 g/mol. The highest BCUT2D eigenvalue weighted by atomic mass is 35.5. The molecule has 1 aliphatic rings. The Labute approximate surface area is 88.1 Å². The molecule has 1 atom stereocenters. The van der Waals surface area contributed by atoms with Crippen LogP contribution in [0, 0.1) is 0 Å². The van der Waals surface area contributed by atoms with Crippen molar-refractivity contribution in [1.29, 1.82) is 0 Å². The van der Waals surface area contributed by atoms with Gasteiger partial charge in [0.05, 0.1) is 5.69 Å². The number of rotatable bonds is 2. The Hall–Kier alpha value is -0.710. The van der Waals surface area contributed by atoms with Crippen molar-refractivity contribution < 1.29 is 0 Å². The minimum Gasteiger partial charge on any atom is -0.326 e. The number of hydrogen-bond acceptors (Lipinski definition) is 4. The van der Waals surface area contributed by atoms with Gasteiger partial charge in [0, 0.05) is 25.7 Å². The molecule has 1 aromatic rings. The van der Waals surface area contributed by atoms with Gasteiger partial charge in [-0.25, -0.2) is 0 Å². The van der Waals surface area contributed by atoms with Gasteiger partial charge < -0.3 is 5.73 Å². The molecule has 2 N–H and O–H groups in total. The van der Waals surface area contributed by atoms with E-state index in [1.807, 2.05) is 6.07 Å². The number of nitrogens with zero attached hydrogens (tertiary/aromatic N) is 3. The van der Waals surface area contributed by atoms with Crippen LogP contribution in [0.15, 0.2) is 12.1 Å². The van der Waals surface area contributed by atoms with Crippen molar-refractivity contribution in [3.05, 3.63) is 23.0 Å². The third kappa shape index (κ3) is 2.41. The summed E-state index contributed by atoms with van der Waals surface area (Å²) in [6, 6.07) is 3.98. The lowest BCUT2D eigenvalue weighted by Crippen LogP contribution is -2.26. The summed E-state index contributed by atoms with van der Waals surface area (Å²) in [7, 11) is 0. The molecule has 1 saturated heterocycles. The smallest absolute Gasteiger partial charge is 0.151 e. The largest absolute Gasteiger partial charge is 0.326 e. The van der Waals surface area contributed by atoms with E-state index in [1.165, 1.54) is 0 Å². The van der Waals surface area contributed by atoms with Crippen LogP contribution in [0.2, 0.25) is 5.15 Å². The summed E-state index contributed by atoms with van der Waals surface area (Å²) in [6.45, 7) is 2.81. The Bertz CT molecular complexity index is 300. The van der Waals surface area contributed by atoms with E-state index in [9.17, 15) is 0 Å². The Balaban J connectivity index is 1.94. The number of likely N-dealkylation sites (tertiary alicyclic amines) is 1. The van der Waals surface area contributed by atoms with Crippen molar-refractivity contribution in [3.63, 3.8) is 0 Å². The van der Waals surface area contributed by atoms with E-state index in [1.54, 1.807) is 6.07 Å². The molecule has 2 heterocycles. The topological polar surface area (TPSA) is 55.0 Å². The zero-order valence-corrected chi connectivity index (χ0v) is 8.61. The highest BCUT2D eigenvalue weighted by Gasteiger charge is 2.19. The molecule has 0 unspecified atom stereocenters. The Morgan fingerprint density at radius 2 is 2.36 bits per heavy atom. The van der Waals surface area contributed by atoms with Crippen LogP contribution in [0.25, 0.3) is 0 Å². The normalized spacial score (nSPS) is 22.9. The Morgan fingerprint density at radius 1 is 1.50 bits per heavy atom. The molecule has 76 valence electrons. The van der Waals surface area contributed by atoms with E-state index in [0.717, 1.165) is 31.7 Å². The highest BCUT2D eigenvalue weighted by molar-refractivity contribution is 6.29. The first-order chi connectivity index (χ1) is 6.74. The van der Waals surface area contributed by atoms with Gasteiger partial charge in [-0.15, -0.1) is 5.10 Å². The molecular formula is C9H13ClN4. The maximum Gasteiger partial charge on any atom is 0.151 e. The molecule has 0 spiro atoms. The predicted octanol–water partition coefficient (Wildman–Crippen LogP) is 0.663. The first-order valence-electron chi connectivity index (χ1n) is 4.70. The maximum atomic E-state index is 5.80. The average molecular weight is 213 g/mol. The summed E-state index contributed by atoms with van der Waals surface area (Å²) < 4.78 is 0. The molecule has 4 nitrogen and oxygen atoms in total. The second-order valence-electron chi connectivity index (χ2n) is 3.63. The van der Waals surface area contributed by atoms with Crippen LogP contribution >= 0.6 is 11.6 Å². The molecule has 0 amide bonds. The van der Waals surface area contributed by atoms with Crippen molar-refractivity contribution in [1.82, 2.24) is 15.1 Å². The van der Waals surface area contributed by atoms with E-state index in [2.05, 4.69) is 15.1 Å². The van der Waals surface area contributed by atoms with Gasteiger partial charge in [0.25, 0.3) is 0 Å². The van der Waals surface area contributed by atoms with Crippen LogP contribution in [0.5, 0.6) is 0 Å². The van der Waals surface area contributed by atoms with Crippen LogP contribution in [-0.4, -0.2) is 34.2 Å². The quantitative estimate of drug-likeness (QED) is 0.783. The summed E-state index contributed by atoms with van der Waals surface area (Å²) in [5, 5.41) is 8.24. The standard InChI is InChI=1S/C9H13ClN4/c10-9-2-1-8(12-13-9)6-14-4-3-7(11)5-14/h1-2,7H,3-6,11H2/t7-/m0/s1. The molecule has 0 bridgehead atoms. The van der Waals surface area contributed by atoms with Crippen LogP contribution in [0.4, 0.5) is 0 Å². The van der Waals surface area contributed by atoms with Crippen molar-refractivity contribution >= 4 is 11.6 Å². The summed E-state index contributed by atoms with van der Waals surface area (Å²) in [4.78, 5) is 2.28. The van der Waals surface area contributed by atoms with E-state index in [4.69, 9.17) is 17.3 Å². The van der Waals surface area contributed by atoms with Crippen LogP contribution < -0.4 is 5.73 Å². The Kier molecular flexibility index (Phi) is 2.96. The fourth-order valence-corrected chi connectivity index (χ4v) is 1.76. The fourth-order valence-electron chi connectivity index (χ4n) is 1.66. The summed E-state index contributed by atoms with van der Waals surface area (Å²) in [6.07, 6.45) is 1.07. The van der Waals surface area contributed by atoms with Gasteiger partial charge >= 0.3 is 0 Å². The first-order valence-corrected chi connectivity index (χ1v) is 5.08. The third-order valence-corrected chi connectivity index (χ3v) is 2.58.